The summed E-state index contributed by atoms with van der Waals surface area (Å²) in [5.41, 5.74) is 8.31. The molecule has 2 aromatic carbocycles. The average molecular weight is 367 g/mol. The normalized spacial score (nSPS) is 16.0. The highest BCUT2D eigenvalue weighted by Crippen LogP contribution is 2.46. The Morgan fingerprint density at radius 3 is 2.62 bits per heavy atom. The fourth-order valence-corrected chi connectivity index (χ4v) is 3.23. The number of allylic oxidation sites excluding steroid dienone is 1. The number of H-pyrrole nitrogens is 1. The van der Waals surface area contributed by atoms with Gasteiger partial charge >= 0.3 is 0 Å². The van der Waals surface area contributed by atoms with Crippen LogP contribution in [-0.2, 0) is 0 Å². The summed E-state index contributed by atoms with van der Waals surface area (Å²) >= 11 is 5.96. The first-order chi connectivity index (χ1) is 12.6. The number of aromatic nitrogens is 2. The van der Waals surface area contributed by atoms with Crippen molar-refractivity contribution in [2.24, 2.45) is 5.73 Å². The Morgan fingerprint density at radius 2 is 1.92 bits per heavy atom. The Kier molecular flexibility index (Phi) is 3.86. The summed E-state index contributed by atoms with van der Waals surface area (Å²) in [6.07, 6.45) is 0. The van der Waals surface area contributed by atoms with Gasteiger partial charge in [0.05, 0.1) is 17.2 Å². The monoisotopic (exact) mass is 366 g/mol. The van der Waals surface area contributed by atoms with Crippen molar-refractivity contribution in [3.63, 3.8) is 0 Å². The van der Waals surface area contributed by atoms with Crippen molar-refractivity contribution >= 4 is 11.6 Å². The number of aromatic amines is 1. The first kappa shape index (κ1) is 16.2. The van der Waals surface area contributed by atoms with Crippen LogP contribution in [0.5, 0.6) is 5.88 Å². The van der Waals surface area contributed by atoms with Gasteiger partial charge in [0.15, 0.2) is 0 Å². The number of hydrogen-bond acceptors (Lipinski definition) is 4. The summed E-state index contributed by atoms with van der Waals surface area (Å²) in [7, 11) is 0. The number of nitrogens with two attached hydrogens (primary N) is 1. The maximum atomic E-state index is 14.5. The van der Waals surface area contributed by atoms with Crippen LogP contribution in [-0.4, -0.2) is 10.2 Å². The average Bonchev–Trinajstić information content (AvgIpc) is 3.05. The van der Waals surface area contributed by atoms with Gasteiger partial charge in [0.25, 0.3) is 0 Å². The molecule has 3 aromatic rings. The van der Waals surface area contributed by atoms with E-state index in [1.807, 2.05) is 18.2 Å². The van der Waals surface area contributed by atoms with Crippen LogP contribution in [0, 0.1) is 17.1 Å². The summed E-state index contributed by atoms with van der Waals surface area (Å²) < 4.78 is 20.0. The Bertz CT molecular complexity index is 1070. The fraction of sp³-hybridized carbons (Fsp3) is 0.0526. The molecule has 4 rings (SSSR count). The van der Waals surface area contributed by atoms with Crippen molar-refractivity contribution in [3.05, 3.63) is 82.0 Å². The van der Waals surface area contributed by atoms with Gasteiger partial charge < -0.3 is 10.5 Å². The zero-order valence-corrected chi connectivity index (χ0v) is 14.1. The molecular weight excluding hydrogens is 355 g/mol. The van der Waals surface area contributed by atoms with Gasteiger partial charge in [-0.25, -0.2) is 4.39 Å². The lowest BCUT2D eigenvalue weighted by molar-refractivity contribution is 0.378. The van der Waals surface area contributed by atoms with Gasteiger partial charge in [-0.1, -0.05) is 41.9 Å². The Balaban J connectivity index is 1.97. The van der Waals surface area contributed by atoms with E-state index < -0.39 is 11.7 Å². The second-order valence-corrected chi connectivity index (χ2v) is 6.21. The van der Waals surface area contributed by atoms with Crippen LogP contribution in [0.15, 0.2) is 60.0 Å². The number of nitriles is 1. The second kappa shape index (κ2) is 6.21. The van der Waals surface area contributed by atoms with Gasteiger partial charge in [-0.05, 0) is 18.2 Å². The lowest BCUT2D eigenvalue weighted by Gasteiger charge is -2.24. The van der Waals surface area contributed by atoms with Crippen LogP contribution in [0.1, 0.15) is 17.0 Å². The standard InChI is InChI=1S/C19H12ClFN4O/c20-11-7-5-10(6-8-11)17-16-15(12-3-1-2-4-14(12)21)13(9-22)18(23)26-19(16)25-24-17/h1-8,15H,23H2,(H,24,25)/t15-/m1/s1. The topological polar surface area (TPSA) is 87.7 Å². The number of nitrogens with one attached hydrogen (secondary N) is 1. The maximum Gasteiger partial charge on any atom is 0.244 e. The lowest BCUT2D eigenvalue weighted by Crippen LogP contribution is -2.21. The zero-order valence-electron chi connectivity index (χ0n) is 13.3. The minimum absolute atomic E-state index is 0.0811. The molecule has 1 aliphatic heterocycles. The molecule has 5 nitrogen and oxygen atoms in total. The first-order valence-electron chi connectivity index (χ1n) is 7.76. The largest absolute Gasteiger partial charge is 0.420 e. The molecule has 0 unspecified atom stereocenters. The quantitative estimate of drug-likeness (QED) is 0.715. The highest BCUT2D eigenvalue weighted by molar-refractivity contribution is 6.30. The Labute approximate surface area is 153 Å². The van der Waals surface area contributed by atoms with Crippen LogP contribution < -0.4 is 10.5 Å². The van der Waals surface area contributed by atoms with E-state index in [2.05, 4.69) is 10.2 Å². The van der Waals surface area contributed by atoms with Crippen molar-refractivity contribution in [2.45, 2.75) is 5.92 Å². The smallest absolute Gasteiger partial charge is 0.244 e. The van der Waals surface area contributed by atoms with E-state index in [1.54, 1.807) is 30.3 Å². The lowest BCUT2D eigenvalue weighted by atomic mass is 9.83. The molecule has 0 bridgehead atoms. The molecule has 7 heteroatoms. The highest BCUT2D eigenvalue weighted by atomic mass is 35.5. The number of hydrogen-bond donors (Lipinski definition) is 2. The van der Waals surface area contributed by atoms with Crippen molar-refractivity contribution in [1.82, 2.24) is 10.2 Å². The third-order valence-electron chi connectivity index (χ3n) is 4.29. The number of nitrogens with zero attached hydrogens (tertiary/aromatic N) is 2. The summed E-state index contributed by atoms with van der Waals surface area (Å²) in [6, 6.07) is 15.4. The van der Waals surface area contributed by atoms with Crippen LogP contribution in [0.3, 0.4) is 0 Å². The first-order valence-corrected chi connectivity index (χ1v) is 8.14. The van der Waals surface area contributed by atoms with E-state index in [4.69, 9.17) is 22.1 Å². The molecule has 1 aromatic heterocycles. The van der Waals surface area contributed by atoms with E-state index in [1.165, 1.54) is 6.07 Å². The summed E-state index contributed by atoms with van der Waals surface area (Å²) in [4.78, 5) is 0. The van der Waals surface area contributed by atoms with Gasteiger partial charge in [0.2, 0.25) is 11.8 Å². The highest BCUT2D eigenvalue weighted by Gasteiger charge is 2.36. The van der Waals surface area contributed by atoms with Crippen LogP contribution in [0.25, 0.3) is 11.3 Å². The van der Waals surface area contributed by atoms with Crippen molar-refractivity contribution < 1.29 is 9.13 Å². The van der Waals surface area contributed by atoms with E-state index in [0.29, 0.717) is 21.8 Å². The van der Waals surface area contributed by atoms with Gasteiger partial charge in [0.1, 0.15) is 17.5 Å². The molecule has 128 valence electrons. The minimum atomic E-state index is -0.727. The van der Waals surface area contributed by atoms with Crippen LogP contribution in [0.2, 0.25) is 5.02 Å². The van der Waals surface area contributed by atoms with Gasteiger partial charge in [-0.15, -0.1) is 5.10 Å². The van der Waals surface area contributed by atoms with Gasteiger partial charge in [-0.2, -0.15) is 5.26 Å². The van der Waals surface area contributed by atoms with E-state index in [9.17, 15) is 9.65 Å². The number of halogens is 2. The molecule has 0 saturated heterocycles. The number of benzene rings is 2. The van der Waals surface area contributed by atoms with E-state index >= 15 is 0 Å². The van der Waals surface area contributed by atoms with Gasteiger partial charge in [-0.3, -0.25) is 5.10 Å². The molecule has 0 aliphatic carbocycles. The summed E-state index contributed by atoms with van der Waals surface area (Å²) in [6.45, 7) is 0. The number of ether oxygens (including phenoxy) is 1. The van der Waals surface area contributed by atoms with E-state index in [-0.39, 0.29) is 17.3 Å². The summed E-state index contributed by atoms with van der Waals surface area (Å²) in [5, 5.41) is 17.3. The molecule has 0 amide bonds. The third-order valence-corrected chi connectivity index (χ3v) is 4.54. The predicted molar refractivity (Wildman–Crippen MR) is 94.7 cm³/mol. The Morgan fingerprint density at radius 1 is 1.19 bits per heavy atom. The minimum Gasteiger partial charge on any atom is -0.420 e. The van der Waals surface area contributed by atoms with Crippen molar-refractivity contribution in [1.29, 1.82) is 5.26 Å². The molecule has 0 spiro atoms. The molecule has 1 aliphatic rings. The third kappa shape index (κ3) is 2.50. The second-order valence-electron chi connectivity index (χ2n) is 5.77. The van der Waals surface area contributed by atoms with Crippen molar-refractivity contribution in [3.8, 4) is 23.2 Å². The van der Waals surface area contributed by atoms with Crippen LogP contribution in [0.4, 0.5) is 4.39 Å². The summed E-state index contributed by atoms with van der Waals surface area (Å²) in [5.74, 6) is -1.02. The molecule has 0 fully saturated rings. The zero-order chi connectivity index (χ0) is 18.3. The molecule has 0 radical (unpaired) electrons. The molecule has 2 heterocycles. The number of fused-ring (bicyclic) bond motifs is 1. The Hall–Kier alpha value is -3.30. The molecular formula is C19H12ClFN4O. The van der Waals surface area contributed by atoms with Crippen molar-refractivity contribution in [2.75, 3.05) is 0 Å². The molecule has 26 heavy (non-hydrogen) atoms. The van der Waals surface area contributed by atoms with Crippen LogP contribution >= 0.6 is 11.6 Å². The predicted octanol–water partition coefficient (Wildman–Crippen LogP) is 4.09. The fourth-order valence-electron chi connectivity index (χ4n) is 3.10. The molecule has 3 N–H and O–H groups in total. The van der Waals surface area contributed by atoms with E-state index in [0.717, 1.165) is 5.56 Å². The SMILES string of the molecule is N#CC1=C(N)Oc2n[nH]c(-c3ccc(Cl)cc3)c2[C@@H]1c1ccccc1F. The molecule has 1 atom stereocenters. The number of rotatable bonds is 2. The molecule has 0 saturated carbocycles. The van der Waals surface area contributed by atoms with Gasteiger partial charge in [0, 0.05) is 16.1 Å². The maximum absolute atomic E-state index is 14.5.